The number of amides is 1. The summed E-state index contributed by atoms with van der Waals surface area (Å²) >= 11 is 1.37. The number of hydrogen-bond acceptors (Lipinski definition) is 8. The van der Waals surface area contributed by atoms with Crippen molar-refractivity contribution < 1.29 is 23.5 Å². The van der Waals surface area contributed by atoms with E-state index in [0.29, 0.717) is 50.1 Å². The number of rotatable bonds is 9. The van der Waals surface area contributed by atoms with Gasteiger partial charge < -0.3 is 18.8 Å². The summed E-state index contributed by atoms with van der Waals surface area (Å²) < 4.78 is 18.0. The van der Waals surface area contributed by atoms with Crippen LogP contribution in [0.1, 0.15) is 32.4 Å². The fraction of sp³-hybridized carbons (Fsp3) is 0.440. The number of benzene rings is 1. The maximum absolute atomic E-state index is 13.2. The Hall–Kier alpha value is -3.27. The third kappa shape index (κ3) is 5.87. The summed E-state index contributed by atoms with van der Waals surface area (Å²) in [5.74, 6) is 1.86. The predicted octanol–water partition coefficient (Wildman–Crippen LogP) is 3.88. The van der Waals surface area contributed by atoms with E-state index in [-0.39, 0.29) is 23.0 Å². The highest BCUT2D eigenvalue weighted by Gasteiger charge is 2.31. The second-order valence-electron chi connectivity index (χ2n) is 8.32. The van der Waals surface area contributed by atoms with Gasteiger partial charge in [-0.2, -0.15) is 0 Å². The molecule has 1 aliphatic rings. The zero-order valence-corrected chi connectivity index (χ0v) is 21.0. The van der Waals surface area contributed by atoms with Gasteiger partial charge in [0.15, 0.2) is 11.0 Å². The zero-order valence-electron chi connectivity index (χ0n) is 20.2. The SMILES string of the molecule is CCOC(=O)C1CCN(C(=O)[C@@H](C)Sc2nnc(-c3cccc(OC)c3)n2Cc2ccco2)CC1. The number of aromatic nitrogens is 3. The van der Waals surface area contributed by atoms with Crippen LogP contribution in [0.3, 0.4) is 0 Å². The molecule has 1 aromatic carbocycles. The Balaban J connectivity index is 1.49. The van der Waals surface area contributed by atoms with Crippen LogP contribution in [0, 0.1) is 5.92 Å². The van der Waals surface area contributed by atoms with Crippen molar-refractivity contribution in [3.05, 3.63) is 48.4 Å². The number of thioether (sulfide) groups is 1. The highest BCUT2D eigenvalue weighted by molar-refractivity contribution is 8.00. The van der Waals surface area contributed by atoms with Gasteiger partial charge in [0, 0.05) is 18.7 Å². The maximum atomic E-state index is 13.2. The monoisotopic (exact) mass is 498 g/mol. The molecule has 186 valence electrons. The fourth-order valence-corrected chi connectivity index (χ4v) is 5.05. The topological polar surface area (TPSA) is 99.7 Å². The normalized spacial score (nSPS) is 15.1. The lowest BCUT2D eigenvalue weighted by molar-refractivity contribution is -0.151. The molecule has 1 amide bonds. The number of methoxy groups -OCH3 is 1. The first-order chi connectivity index (χ1) is 17.0. The first kappa shape index (κ1) is 24.8. The molecule has 4 rings (SSSR count). The van der Waals surface area contributed by atoms with Crippen molar-refractivity contribution in [3.63, 3.8) is 0 Å². The lowest BCUT2D eigenvalue weighted by atomic mass is 9.97. The van der Waals surface area contributed by atoms with Gasteiger partial charge in [-0.15, -0.1) is 10.2 Å². The van der Waals surface area contributed by atoms with E-state index in [1.807, 2.05) is 52.8 Å². The minimum atomic E-state index is -0.369. The number of hydrogen-bond donors (Lipinski definition) is 0. The molecule has 3 heterocycles. The van der Waals surface area contributed by atoms with Gasteiger partial charge >= 0.3 is 5.97 Å². The molecule has 1 atom stereocenters. The van der Waals surface area contributed by atoms with Crippen molar-refractivity contribution in [3.8, 4) is 17.1 Å². The summed E-state index contributed by atoms with van der Waals surface area (Å²) in [5, 5.41) is 9.10. The molecule has 2 aromatic heterocycles. The van der Waals surface area contributed by atoms with E-state index in [1.54, 1.807) is 20.3 Å². The van der Waals surface area contributed by atoms with Gasteiger partial charge in [-0.1, -0.05) is 23.9 Å². The number of carbonyl (C=O) groups is 2. The van der Waals surface area contributed by atoms with Gasteiger partial charge in [0.05, 0.1) is 37.7 Å². The van der Waals surface area contributed by atoms with E-state index in [2.05, 4.69) is 10.2 Å². The molecule has 0 N–H and O–H groups in total. The molecule has 1 fully saturated rings. The highest BCUT2D eigenvalue weighted by Crippen LogP contribution is 2.31. The first-order valence-electron chi connectivity index (χ1n) is 11.7. The van der Waals surface area contributed by atoms with Crippen LogP contribution in [0.25, 0.3) is 11.4 Å². The molecule has 0 unspecified atom stereocenters. The Morgan fingerprint density at radius 3 is 2.69 bits per heavy atom. The Morgan fingerprint density at radius 2 is 2.00 bits per heavy atom. The molecule has 0 radical (unpaired) electrons. The van der Waals surface area contributed by atoms with Crippen molar-refractivity contribution in [2.45, 2.75) is 43.6 Å². The van der Waals surface area contributed by atoms with Gasteiger partial charge in [-0.05, 0) is 51.0 Å². The molecule has 0 aliphatic carbocycles. The minimum absolute atomic E-state index is 0.0211. The van der Waals surface area contributed by atoms with E-state index >= 15 is 0 Å². The predicted molar refractivity (Wildman–Crippen MR) is 131 cm³/mol. The molecule has 10 heteroatoms. The van der Waals surface area contributed by atoms with Crippen LogP contribution < -0.4 is 4.74 Å². The summed E-state index contributed by atoms with van der Waals surface area (Å²) in [4.78, 5) is 27.0. The van der Waals surface area contributed by atoms with Crippen LogP contribution in [-0.4, -0.2) is 63.6 Å². The number of ether oxygens (including phenoxy) is 2. The van der Waals surface area contributed by atoms with Crippen molar-refractivity contribution >= 4 is 23.6 Å². The summed E-state index contributed by atoms with van der Waals surface area (Å²) in [7, 11) is 1.62. The van der Waals surface area contributed by atoms with Crippen LogP contribution in [0.15, 0.2) is 52.2 Å². The Bertz CT molecular complexity index is 1140. The van der Waals surface area contributed by atoms with Gasteiger partial charge in [0.1, 0.15) is 11.5 Å². The third-order valence-electron chi connectivity index (χ3n) is 6.00. The number of carbonyl (C=O) groups excluding carboxylic acids is 2. The quantitative estimate of drug-likeness (QED) is 0.324. The minimum Gasteiger partial charge on any atom is -0.497 e. The molecule has 9 nitrogen and oxygen atoms in total. The van der Waals surface area contributed by atoms with Gasteiger partial charge in [0.25, 0.3) is 0 Å². The molecule has 1 aliphatic heterocycles. The van der Waals surface area contributed by atoms with E-state index in [4.69, 9.17) is 13.9 Å². The average molecular weight is 499 g/mol. The van der Waals surface area contributed by atoms with Crippen molar-refractivity contribution in [2.75, 3.05) is 26.8 Å². The van der Waals surface area contributed by atoms with Crippen LogP contribution in [0.4, 0.5) is 0 Å². The number of piperidine rings is 1. The number of esters is 1. The summed E-state index contributed by atoms with van der Waals surface area (Å²) in [6.07, 6.45) is 2.87. The third-order valence-corrected chi connectivity index (χ3v) is 7.06. The van der Waals surface area contributed by atoms with Crippen LogP contribution in [-0.2, 0) is 20.9 Å². The smallest absolute Gasteiger partial charge is 0.309 e. The van der Waals surface area contributed by atoms with E-state index in [9.17, 15) is 9.59 Å². The maximum Gasteiger partial charge on any atom is 0.309 e. The second-order valence-corrected chi connectivity index (χ2v) is 9.62. The molecule has 0 bridgehead atoms. The number of nitrogens with zero attached hydrogens (tertiary/aromatic N) is 4. The molecular formula is C25H30N4O5S. The Labute approximate surface area is 208 Å². The molecule has 0 saturated carbocycles. The molecule has 0 spiro atoms. The largest absolute Gasteiger partial charge is 0.497 e. The lowest BCUT2D eigenvalue weighted by Gasteiger charge is -2.32. The van der Waals surface area contributed by atoms with Gasteiger partial charge in [-0.3, -0.25) is 14.2 Å². The molecular weight excluding hydrogens is 468 g/mol. The zero-order chi connectivity index (χ0) is 24.8. The second kappa shape index (κ2) is 11.4. The number of furan rings is 1. The molecule has 1 saturated heterocycles. The standard InChI is InChI=1S/C25H30N4O5S/c1-4-33-24(31)18-10-12-28(13-11-18)23(30)17(2)35-25-27-26-22(19-7-5-8-20(15-19)32-3)29(25)16-21-9-6-14-34-21/h5-9,14-15,17-18H,4,10-13,16H2,1-3H3/t17-/m1/s1. The Morgan fingerprint density at radius 1 is 1.20 bits per heavy atom. The molecule has 3 aromatic rings. The molecule has 35 heavy (non-hydrogen) atoms. The average Bonchev–Trinajstić information content (AvgIpc) is 3.54. The van der Waals surface area contributed by atoms with Gasteiger partial charge in [-0.25, -0.2) is 0 Å². The first-order valence-corrected chi connectivity index (χ1v) is 12.6. The van der Waals surface area contributed by atoms with Crippen LogP contribution in [0.5, 0.6) is 5.75 Å². The van der Waals surface area contributed by atoms with Crippen molar-refractivity contribution in [2.24, 2.45) is 5.92 Å². The van der Waals surface area contributed by atoms with Crippen molar-refractivity contribution in [1.29, 1.82) is 0 Å². The van der Waals surface area contributed by atoms with Crippen molar-refractivity contribution in [1.82, 2.24) is 19.7 Å². The Kier molecular flexibility index (Phi) is 8.12. The number of likely N-dealkylation sites (tertiary alicyclic amines) is 1. The summed E-state index contributed by atoms with van der Waals surface area (Å²) in [6, 6.07) is 11.4. The highest BCUT2D eigenvalue weighted by atomic mass is 32.2. The fourth-order valence-electron chi connectivity index (χ4n) is 4.11. The van der Waals surface area contributed by atoms with Gasteiger partial charge in [0.2, 0.25) is 5.91 Å². The van der Waals surface area contributed by atoms with Crippen LogP contribution in [0.2, 0.25) is 0 Å². The summed E-state index contributed by atoms with van der Waals surface area (Å²) in [5.41, 5.74) is 0.857. The van der Waals surface area contributed by atoms with Crippen LogP contribution >= 0.6 is 11.8 Å². The summed E-state index contributed by atoms with van der Waals surface area (Å²) in [6.45, 7) is 5.58. The van der Waals surface area contributed by atoms with E-state index < -0.39 is 0 Å². The van der Waals surface area contributed by atoms with E-state index in [1.165, 1.54) is 11.8 Å². The lowest BCUT2D eigenvalue weighted by Crippen LogP contribution is -2.43. The van der Waals surface area contributed by atoms with E-state index in [0.717, 1.165) is 17.1 Å².